The first kappa shape index (κ1) is 17.4. The summed E-state index contributed by atoms with van der Waals surface area (Å²) in [7, 11) is 0. The Labute approximate surface area is 131 Å². The minimum atomic E-state index is -4.76. The molecule has 1 heterocycles. The van der Waals surface area contributed by atoms with Gasteiger partial charge in [-0.05, 0) is 12.1 Å². The number of rotatable bonds is 4. The smallest absolute Gasteiger partial charge is 0.406 e. The third-order valence-corrected chi connectivity index (χ3v) is 3.31. The Morgan fingerprint density at radius 1 is 1.39 bits per heavy atom. The van der Waals surface area contributed by atoms with Crippen LogP contribution in [0.1, 0.15) is 12.8 Å². The van der Waals surface area contributed by atoms with E-state index in [1.165, 1.54) is 18.2 Å². The van der Waals surface area contributed by atoms with E-state index in [4.69, 9.17) is 10.5 Å². The first-order valence-corrected chi connectivity index (χ1v) is 6.99. The Morgan fingerprint density at radius 3 is 2.74 bits per heavy atom. The summed E-state index contributed by atoms with van der Waals surface area (Å²) >= 11 is 0. The Bertz CT molecular complexity index is 558. The molecule has 1 aromatic carbocycles. The fourth-order valence-corrected chi connectivity index (χ4v) is 2.10. The molecule has 1 saturated heterocycles. The van der Waals surface area contributed by atoms with E-state index in [1.807, 2.05) is 0 Å². The van der Waals surface area contributed by atoms with Crippen LogP contribution < -0.4 is 15.8 Å². The molecule has 0 unspecified atom stereocenters. The Morgan fingerprint density at radius 2 is 2.09 bits per heavy atom. The van der Waals surface area contributed by atoms with Crippen molar-refractivity contribution in [2.24, 2.45) is 10.7 Å². The van der Waals surface area contributed by atoms with E-state index in [0.29, 0.717) is 31.7 Å². The summed E-state index contributed by atoms with van der Waals surface area (Å²) in [5, 5.41) is 12.9. The van der Waals surface area contributed by atoms with E-state index in [1.54, 1.807) is 0 Å². The van der Waals surface area contributed by atoms with Gasteiger partial charge in [-0.3, -0.25) is 4.99 Å². The zero-order chi connectivity index (χ0) is 16.9. The number of guanidine groups is 1. The van der Waals surface area contributed by atoms with E-state index >= 15 is 0 Å². The second-order valence-corrected chi connectivity index (χ2v) is 5.24. The van der Waals surface area contributed by atoms with Crippen molar-refractivity contribution in [3.63, 3.8) is 0 Å². The molecule has 128 valence electrons. The maximum absolute atomic E-state index is 12.2. The van der Waals surface area contributed by atoms with Crippen LogP contribution in [0.5, 0.6) is 5.75 Å². The largest absolute Gasteiger partial charge is 0.573 e. The van der Waals surface area contributed by atoms with Crippen molar-refractivity contribution < 1.29 is 27.8 Å². The highest BCUT2D eigenvalue weighted by Gasteiger charge is 2.31. The average molecular weight is 333 g/mol. The molecule has 2 rings (SSSR count). The molecular weight excluding hydrogens is 315 g/mol. The summed E-state index contributed by atoms with van der Waals surface area (Å²) in [5.74, 6) is -0.368. The lowest BCUT2D eigenvalue weighted by Crippen LogP contribution is -2.40. The molecule has 0 aromatic heterocycles. The van der Waals surface area contributed by atoms with Crippen molar-refractivity contribution in [1.29, 1.82) is 0 Å². The van der Waals surface area contributed by atoms with Gasteiger partial charge in [0.05, 0.1) is 12.1 Å². The summed E-state index contributed by atoms with van der Waals surface area (Å²) < 4.78 is 45.5. The molecule has 1 fully saturated rings. The summed E-state index contributed by atoms with van der Waals surface area (Å²) in [5.41, 5.74) is 5.02. The van der Waals surface area contributed by atoms with E-state index in [0.717, 1.165) is 6.07 Å². The second kappa shape index (κ2) is 7.05. The zero-order valence-electron chi connectivity index (χ0n) is 12.3. The van der Waals surface area contributed by atoms with Crippen molar-refractivity contribution in [1.82, 2.24) is 0 Å². The maximum atomic E-state index is 12.2. The van der Waals surface area contributed by atoms with Crippen LogP contribution in [-0.4, -0.2) is 42.8 Å². The van der Waals surface area contributed by atoms with Gasteiger partial charge >= 0.3 is 6.36 Å². The number of nitrogens with zero attached hydrogens (tertiary/aromatic N) is 1. The van der Waals surface area contributed by atoms with Gasteiger partial charge in [0, 0.05) is 37.8 Å². The minimum absolute atomic E-state index is 0.00549. The lowest BCUT2D eigenvalue weighted by molar-refractivity contribution is -0.274. The molecular formula is C14H18F3N3O3. The average Bonchev–Trinajstić information content (AvgIpc) is 2.45. The van der Waals surface area contributed by atoms with Crippen molar-refractivity contribution >= 4 is 11.6 Å². The van der Waals surface area contributed by atoms with Crippen LogP contribution in [0.3, 0.4) is 0 Å². The number of ether oxygens (including phenoxy) is 2. The van der Waals surface area contributed by atoms with Crippen molar-refractivity contribution in [2.45, 2.75) is 24.8 Å². The number of hydrogen-bond donors (Lipinski definition) is 3. The maximum Gasteiger partial charge on any atom is 0.573 e. The number of halogens is 3. The standard InChI is InChI=1S/C14H18F3N3O3/c15-14(16,17)23-11-3-1-2-10(8-11)20-12(18)19-9-13(21)4-6-22-7-5-13/h1-3,8,21H,4-7,9H2,(H3,18,19,20). The normalized spacial score (nSPS) is 18.5. The van der Waals surface area contributed by atoms with Gasteiger partial charge in [0.15, 0.2) is 5.96 Å². The number of anilines is 1. The molecule has 0 bridgehead atoms. The zero-order valence-corrected chi connectivity index (χ0v) is 12.3. The first-order valence-electron chi connectivity index (χ1n) is 6.99. The molecule has 1 aromatic rings. The fourth-order valence-electron chi connectivity index (χ4n) is 2.10. The highest BCUT2D eigenvalue weighted by molar-refractivity contribution is 5.92. The molecule has 0 spiro atoms. The Hall–Kier alpha value is -2.00. The van der Waals surface area contributed by atoms with Crippen LogP contribution in [0.4, 0.5) is 18.9 Å². The molecule has 1 aliphatic heterocycles. The number of aliphatic imine (C=N–C) groups is 1. The number of hydrogen-bond acceptors (Lipinski definition) is 4. The molecule has 0 amide bonds. The molecule has 0 aliphatic carbocycles. The minimum Gasteiger partial charge on any atom is -0.406 e. The van der Waals surface area contributed by atoms with Crippen molar-refractivity contribution in [3.05, 3.63) is 24.3 Å². The van der Waals surface area contributed by atoms with E-state index < -0.39 is 12.0 Å². The Kier molecular flexibility index (Phi) is 5.32. The number of alkyl halides is 3. The van der Waals surface area contributed by atoms with Gasteiger partial charge in [0.1, 0.15) is 5.75 Å². The summed E-state index contributed by atoms with van der Waals surface area (Å²) in [6, 6.07) is 5.24. The third-order valence-electron chi connectivity index (χ3n) is 3.31. The van der Waals surface area contributed by atoms with E-state index in [9.17, 15) is 18.3 Å². The van der Waals surface area contributed by atoms with Crippen LogP contribution in [0, 0.1) is 0 Å². The summed E-state index contributed by atoms with van der Waals surface area (Å²) in [4.78, 5) is 4.03. The lowest BCUT2D eigenvalue weighted by Gasteiger charge is -2.30. The summed E-state index contributed by atoms with van der Waals surface area (Å²) in [6.45, 7) is 1.00. The monoisotopic (exact) mass is 333 g/mol. The molecule has 23 heavy (non-hydrogen) atoms. The molecule has 4 N–H and O–H groups in total. The predicted molar refractivity (Wildman–Crippen MR) is 78.2 cm³/mol. The Balaban J connectivity index is 1.95. The molecule has 6 nitrogen and oxygen atoms in total. The SMILES string of the molecule is NC(=NCC1(O)CCOCC1)Nc1cccc(OC(F)(F)F)c1. The van der Waals surface area contributed by atoms with Gasteiger partial charge in [0.2, 0.25) is 0 Å². The third kappa shape index (κ3) is 5.95. The molecule has 0 radical (unpaired) electrons. The number of nitrogens with one attached hydrogen (secondary N) is 1. The van der Waals surface area contributed by atoms with Gasteiger partial charge in [-0.25, -0.2) is 0 Å². The molecule has 1 aliphatic rings. The highest BCUT2D eigenvalue weighted by atomic mass is 19.4. The number of benzene rings is 1. The number of aliphatic hydroxyl groups is 1. The highest BCUT2D eigenvalue weighted by Crippen LogP contribution is 2.25. The van der Waals surface area contributed by atoms with Gasteiger partial charge in [-0.1, -0.05) is 6.07 Å². The van der Waals surface area contributed by atoms with Gasteiger partial charge in [-0.2, -0.15) is 0 Å². The summed E-state index contributed by atoms with van der Waals surface area (Å²) in [6.07, 6.45) is -3.85. The number of nitrogens with two attached hydrogens (primary N) is 1. The lowest BCUT2D eigenvalue weighted by atomic mass is 9.95. The van der Waals surface area contributed by atoms with Crippen LogP contribution in [-0.2, 0) is 4.74 Å². The van der Waals surface area contributed by atoms with Crippen LogP contribution in [0.15, 0.2) is 29.3 Å². The van der Waals surface area contributed by atoms with Gasteiger partial charge in [-0.15, -0.1) is 13.2 Å². The molecule has 0 atom stereocenters. The predicted octanol–water partition coefficient (Wildman–Crippen LogP) is 1.85. The van der Waals surface area contributed by atoms with Crippen LogP contribution in [0.25, 0.3) is 0 Å². The molecule has 9 heteroatoms. The van der Waals surface area contributed by atoms with E-state index in [2.05, 4.69) is 15.0 Å². The van der Waals surface area contributed by atoms with Crippen molar-refractivity contribution in [2.75, 3.05) is 25.1 Å². The van der Waals surface area contributed by atoms with Crippen molar-refractivity contribution in [3.8, 4) is 5.75 Å². The van der Waals surface area contributed by atoms with Gasteiger partial charge in [0.25, 0.3) is 0 Å². The van der Waals surface area contributed by atoms with Crippen LogP contribution in [0.2, 0.25) is 0 Å². The topological polar surface area (TPSA) is 89.1 Å². The first-order chi connectivity index (χ1) is 10.8. The van der Waals surface area contributed by atoms with Gasteiger partial charge < -0.3 is 25.6 Å². The quantitative estimate of drug-likeness (QED) is 0.578. The fraction of sp³-hybridized carbons (Fsp3) is 0.500. The second-order valence-electron chi connectivity index (χ2n) is 5.24. The molecule has 0 saturated carbocycles. The van der Waals surface area contributed by atoms with Crippen LogP contribution >= 0.6 is 0 Å². The van der Waals surface area contributed by atoms with E-state index in [-0.39, 0.29) is 18.3 Å².